The highest BCUT2D eigenvalue weighted by Gasteiger charge is 2.33. The molecule has 1 atom stereocenters. The Morgan fingerprint density at radius 2 is 1.86 bits per heavy atom. The molecule has 0 unspecified atom stereocenters. The number of nitrogens with one attached hydrogen (secondary N) is 1. The van der Waals surface area contributed by atoms with Gasteiger partial charge in [0.1, 0.15) is 10.9 Å². The van der Waals surface area contributed by atoms with Gasteiger partial charge in [0.05, 0.1) is 5.69 Å². The topological polar surface area (TPSA) is 131 Å². The lowest BCUT2D eigenvalue weighted by molar-refractivity contribution is -0.122. The van der Waals surface area contributed by atoms with Gasteiger partial charge in [0, 0.05) is 11.7 Å². The summed E-state index contributed by atoms with van der Waals surface area (Å²) in [5.74, 6) is -1.53. The number of hydrogen-bond acceptors (Lipinski definition) is 6. The lowest BCUT2D eigenvalue weighted by Gasteiger charge is -2.29. The van der Waals surface area contributed by atoms with Crippen molar-refractivity contribution < 1.29 is 14.4 Å². The number of anilines is 2. The Balaban J connectivity index is 1.92. The van der Waals surface area contributed by atoms with Gasteiger partial charge in [0.15, 0.2) is 5.69 Å². The number of rotatable bonds is 6. The fourth-order valence-corrected chi connectivity index (χ4v) is 4.10. The van der Waals surface area contributed by atoms with Crippen molar-refractivity contribution in [2.45, 2.75) is 44.7 Å². The van der Waals surface area contributed by atoms with Gasteiger partial charge >= 0.3 is 0 Å². The number of nitrogens with zero attached hydrogens (tertiary/aromatic N) is 2. The van der Waals surface area contributed by atoms with Crippen LogP contribution >= 0.6 is 11.5 Å². The first-order valence-electron chi connectivity index (χ1n) is 9.14. The minimum Gasteiger partial charge on any atom is -0.395 e. The Morgan fingerprint density at radius 3 is 2.43 bits per heavy atom. The zero-order valence-corrected chi connectivity index (χ0v) is 16.4. The first-order valence-corrected chi connectivity index (χ1v) is 9.91. The molecule has 1 saturated carbocycles. The number of benzene rings is 1. The van der Waals surface area contributed by atoms with Gasteiger partial charge in [-0.25, -0.2) is 0 Å². The number of para-hydroxylation sites is 1. The third-order valence-electron chi connectivity index (χ3n) is 4.88. The van der Waals surface area contributed by atoms with E-state index in [2.05, 4.69) is 9.69 Å². The first kappa shape index (κ1) is 19.8. The maximum atomic E-state index is 13.3. The summed E-state index contributed by atoms with van der Waals surface area (Å²) >= 11 is 0.799. The average Bonchev–Trinajstić information content (AvgIpc) is 3.32. The smallest absolute Gasteiger partial charge is 0.272 e. The summed E-state index contributed by atoms with van der Waals surface area (Å²) in [5, 5.41) is 3.02. The third kappa shape index (κ3) is 3.99. The zero-order valence-electron chi connectivity index (χ0n) is 15.6. The molecule has 148 valence electrons. The number of nitrogens with two attached hydrogens (primary N) is 2. The van der Waals surface area contributed by atoms with E-state index in [1.54, 1.807) is 31.2 Å². The highest BCUT2D eigenvalue weighted by molar-refractivity contribution is 7.09. The molecule has 3 rings (SSSR count). The Kier molecular flexibility index (Phi) is 5.93. The van der Waals surface area contributed by atoms with Gasteiger partial charge in [-0.2, -0.15) is 4.37 Å². The lowest BCUT2D eigenvalue weighted by atomic mass is 10.1. The van der Waals surface area contributed by atoms with E-state index in [0.29, 0.717) is 5.69 Å². The van der Waals surface area contributed by atoms with Gasteiger partial charge in [0.2, 0.25) is 5.91 Å². The Labute approximate surface area is 167 Å². The fourth-order valence-electron chi connectivity index (χ4n) is 3.35. The minimum absolute atomic E-state index is 0.0631. The van der Waals surface area contributed by atoms with Crippen LogP contribution in [0.3, 0.4) is 0 Å². The molecule has 1 aromatic heterocycles. The van der Waals surface area contributed by atoms with E-state index in [9.17, 15) is 14.4 Å². The Bertz CT molecular complexity index is 877. The van der Waals surface area contributed by atoms with Crippen LogP contribution in [0.1, 0.15) is 52.8 Å². The lowest BCUT2D eigenvalue weighted by Crippen LogP contribution is -2.50. The average molecular weight is 401 g/mol. The molecule has 0 radical (unpaired) electrons. The first-order chi connectivity index (χ1) is 13.4. The second kappa shape index (κ2) is 8.39. The maximum absolute atomic E-state index is 13.3. The molecule has 0 spiro atoms. The van der Waals surface area contributed by atoms with E-state index in [0.717, 1.165) is 37.2 Å². The van der Waals surface area contributed by atoms with Crippen LogP contribution in [0, 0.1) is 0 Å². The fraction of sp³-hybridized carbons (Fsp3) is 0.368. The molecule has 0 aliphatic heterocycles. The quantitative estimate of drug-likeness (QED) is 0.680. The molecule has 0 saturated heterocycles. The standard InChI is InChI=1S/C19H23N5O3S/c1-11(18(26)22-12-7-5-6-8-12)24(13-9-3-2-4-10-13)19(27)16-14(20)15(17(21)25)23-28-16/h2-4,9-12H,5-8,20H2,1H3,(H2,21,25)(H,22,26)/t11-/m0/s1. The van der Waals surface area contributed by atoms with Crippen LogP contribution in [-0.2, 0) is 4.79 Å². The van der Waals surface area contributed by atoms with Gasteiger partial charge in [0.25, 0.3) is 11.8 Å². The van der Waals surface area contributed by atoms with E-state index in [1.807, 2.05) is 6.07 Å². The van der Waals surface area contributed by atoms with Crippen LogP contribution in [-0.4, -0.2) is 34.2 Å². The van der Waals surface area contributed by atoms with Crippen molar-refractivity contribution >= 4 is 40.6 Å². The van der Waals surface area contributed by atoms with Crippen LogP contribution in [0.4, 0.5) is 11.4 Å². The molecule has 1 aliphatic carbocycles. The predicted octanol–water partition coefficient (Wildman–Crippen LogP) is 1.92. The van der Waals surface area contributed by atoms with Crippen LogP contribution in [0.2, 0.25) is 0 Å². The number of carbonyl (C=O) groups excluding carboxylic acids is 3. The summed E-state index contributed by atoms with van der Waals surface area (Å²) in [6, 6.07) is 8.23. The summed E-state index contributed by atoms with van der Waals surface area (Å²) in [6.45, 7) is 1.67. The van der Waals surface area contributed by atoms with E-state index in [1.165, 1.54) is 4.90 Å². The maximum Gasteiger partial charge on any atom is 0.272 e. The van der Waals surface area contributed by atoms with Crippen molar-refractivity contribution in [1.82, 2.24) is 9.69 Å². The van der Waals surface area contributed by atoms with Crippen molar-refractivity contribution in [2.24, 2.45) is 5.73 Å². The molecule has 1 aromatic carbocycles. The normalized spacial score (nSPS) is 15.2. The van der Waals surface area contributed by atoms with Crippen molar-refractivity contribution in [3.63, 3.8) is 0 Å². The van der Waals surface area contributed by atoms with Gasteiger partial charge in [-0.05, 0) is 43.4 Å². The van der Waals surface area contributed by atoms with Crippen molar-refractivity contribution in [2.75, 3.05) is 10.6 Å². The summed E-state index contributed by atoms with van der Waals surface area (Å²) in [7, 11) is 0. The van der Waals surface area contributed by atoms with Crippen LogP contribution in [0.5, 0.6) is 0 Å². The van der Waals surface area contributed by atoms with Gasteiger partial charge < -0.3 is 16.8 Å². The van der Waals surface area contributed by atoms with E-state index >= 15 is 0 Å². The number of nitrogen functional groups attached to an aromatic ring is 1. The molecule has 0 bridgehead atoms. The van der Waals surface area contributed by atoms with Gasteiger partial charge in [-0.1, -0.05) is 31.0 Å². The molecule has 5 N–H and O–H groups in total. The van der Waals surface area contributed by atoms with Gasteiger partial charge in [-0.3, -0.25) is 19.3 Å². The summed E-state index contributed by atoms with van der Waals surface area (Å²) in [6.07, 6.45) is 4.07. The van der Waals surface area contributed by atoms with Crippen molar-refractivity contribution in [3.8, 4) is 0 Å². The van der Waals surface area contributed by atoms with Crippen molar-refractivity contribution in [1.29, 1.82) is 0 Å². The van der Waals surface area contributed by atoms with E-state index in [4.69, 9.17) is 11.5 Å². The number of hydrogen-bond donors (Lipinski definition) is 3. The van der Waals surface area contributed by atoms with E-state index < -0.39 is 17.9 Å². The zero-order chi connectivity index (χ0) is 20.3. The minimum atomic E-state index is -0.800. The van der Waals surface area contributed by atoms with Crippen LogP contribution in [0.15, 0.2) is 30.3 Å². The molecular formula is C19H23N5O3S. The SMILES string of the molecule is C[C@@H](C(=O)NC1CCCC1)N(C(=O)c1snc(C(N)=O)c1N)c1ccccc1. The molecule has 28 heavy (non-hydrogen) atoms. The molecular weight excluding hydrogens is 378 g/mol. The Morgan fingerprint density at radius 1 is 1.21 bits per heavy atom. The molecule has 9 heteroatoms. The molecule has 1 aliphatic rings. The van der Waals surface area contributed by atoms with Crippen LogP contribution < -0.4 is 21.7 Å². The summed E-state index contributed by atoms with van der Waals surface area (Å²) < 4.78 is 3.89. The van der Waals surface area contributed by atoms with E-state index in [-0.39, 0.29) is 28.2 Å². The summed E-state index contributed by atoms with van der Waals surface area (Å²) in [4.78, 5) is 39.0. The number of carbonyl (C=O) groups is 3. The number of aromatic nitrogens is 1. The number of amides is 3. The molecule has 2 aromatic rings. The number of primary amides is 1. The predicted molar refractivity (Wildman–Crippen MR) is 108 cm³/mol. The van der Waals surface area contributed by atoms with Crippen LogP contribution in [0.25, 0.3) is 0 Å². The highest BCUT2D eigenvalue weighted by atomic mass is 32.1. The monoisotopic (exact) mass is 401 g/mol. The second-order valence-corrected chi connectivity index (χ2v) is 7.59. The molecule has 1 fully saturated rings. The Hall–Kier alpha value is -2.94. The van der Waals surface area contributed by atoms with Gasteiger partial charge in [-0.15, -0.1) is 0 Å². The molecule has 3 amide bonds. The summed E-state index contributed by atoms with van der Waals surface area (Å²) in [5.41, 5.74) is 11.5. The second-order valence-electron chi connectivity index (χ2n) is 6.81. The van der Waals surface area contributed by atoms with Crippen molar-refractivity contribution in [3.05, 3.63) is 40.9 Å². The molecule has 8 nitrogen and oxygen atoms in total. The molecule has 1 heterocycles. The largest absolute Gasteiger partial charge is 0.395 e. The highest BCUT2D eigenvalue weighted by Crippen LogP contribution is 2.27. The third-order valence-corrected chi connectivity index (χ3v) is 5.73.